The van der Waals surface area contributed by atoms with E-state index in [2.05, 4.69) is 56.5 Å². The first-order valence-electron chi connectivity index (χ1n) is 8.72. The molecule has 3 aromatic rings. The number of likely N-dealkylation sites (tertiary alicyclic amines) is 1. The average Bonchev–Trinajstić information content (AvgIpc) is 3.07. The van der Waals surface area contributed by atoms with E-state index in [4.69, 9.17) is 0 Å². The Labute approximate surface area is 160 Å². The monoisotopic (exact) mass is 413 g/mol. The number of rotatable bonds is 2. The number of carbonyl (C=O) groups is 1. The number of carbonyl (C=O) groups excluding carboxylic acids is 1. The molecule has 0 spiro atoms. The van der Waals surface area contributed by atoms with E-state index >= 15 is 0 Å². The number of halogens is 1. The Morgan fingerprint density at radius 2 is 2.12 bits per heavy atom. The molecule has 1 saturated heterocycles. The van der Waals surface area contributed by atoms with Gasteiger partial charge in [0.05, 0.1) is 6.20 Å². The Morgan fingerprint density at radius 3 is 2.88 bits per heavy atom. The van der Waals surface area contributed by atoms with Crippen LogP contribution >= 0.6 is 15.9 Å². The number of nitrogens with zero attached hydrogens (tertiary/aromatic N) is 4. The number of aryl methyl sites for hydroxylation is 1. The lowest BCUT2D eigenvalue weighted by Crippen LogP contribution is -2.40. The van der Waals surface area contributed by atoms with Gasteiger partial charge in [0, 0.05) is 30.0 Å². The zero-order chi connectivity index (χ0) is 18.1. The van der Waals surface area contributed by atoms with Crippen LogP contribution in [0.3, 0.4) is 0 Å². The van der Waals surface area contributed by atoms with Crippen molar-refractivity contribution in [3.05, 3.63) is 58.5 Å². The highest BCUT2D eigenvalue weighted by Gasteiger charge is 2.24. The lowest BCUT2D eigenvalue weighted by atomic mass is 9.89. The molecule has 4 rings (SSSR count). The van der Waals surface area contributed by atoms with Crippen LogP contribution in [0, 0.1) is 6.92 Å². The van der Waals surface area contributed by atoms with Crippen molar-refractivity contribution >= 4 is 33.3 Å². The Morgan fingerprint density at radius 1 is 1.31 bits per heavy atom. The van der Waals surface area contributed by atoms with E-state index in [1.165, 1.54) is 11.1 Å². The molecule has 26 heavy (non-hydrogen) atoms. The van der Waals surface area contributed by atoms with E-state index in [9.17, 15) is 4.79 Å². The van der Waals surface area contributed by atoms with E-state index in [0.717, 1.165) is 30.4 Å². The predicted molar refractivity (Wildman–Crippen MR) is 104 cm³/mol. The quantitative estimate of drug-likeness (QED) is 0.684. The molecule has 0 radical (unpaired) electrons. The first-order valence-corrected chi connectivity index (χ1v) is 9.51. The molecule has 7 heteroatoms. The van der Waals surface area contributed by atoms with Gasteiger partial charge in [0.1, 0.15) is 5.69 Å². The number of urea groups is 1. The minimum absolute atomic E-state index is 0.0870. The maximum absolute atomic E-state index is 12.6. The van der Waals surface area contributed by atoms with Crippen molar-refractivity contribution in [1.29, 1.82) is 0 Å². The van der Waals surface area contributed by atoms with Crippen LogP contribution in [0.25, 0.3) is 5.65 Å². The van der Waals surface area contributed by atoms with Crippen molar-refractivity contribution in [2.75, 3.05) is 18.4 Å². The molecule has 3 heterocycles. The van der Waals surface area contributed by atoms with Crippen molar-refractivity contribution < 1.29 is 4.79 Å². The fourth-order valence-corrected chi connectivity index (χ4v) is 3.69. The standard InChI is InChI=1S/C19H20BrN5O/c1-13-11-15(3-4-16(13)20)14-5-9-24(10-6-14)19(26)23-17-12-22-25-8-2-7-21-18(17)25/h2-4,7-8,11-12,14H,5-6,9-10H2,1H3,(H,23,26). The molecule has 1 aliphatic heterocycles. The van der Waals surface area contributed by atoms with Crippen LogP contribution in [0.2, 0.25) is 0 Å². The van der Waals surface area contributed by atoms with Crippen LogP contribution in [0.1, 0.15) is 29.9 Å². The Kier molecular flexibility index (Phi) is 4.63. The fourth-order valence-electron chi connectivity index (χ4n) is 3.45. The van der Waals surface area contributed by atoms with Crippen molar-refractivity contribution in [2.45, 2.75) is 25.7 Å². The first kappa shape index (κ1) is 17.0. The minimum Gasteiger partial charge on any atom is -0.324 e. The van der Waals surface area contributed by atoms with Gasteiger partial charge in [0.15, 0.2) is 5.65 Å². The van der Waals surface area contributed by atoms with Gasteiger partial charge in [-0.3, -0.25) is 0 Å². The zero-order valence-electron chi connectivity index (χ0n) is 14.5. The van der Waals surface area contributed by atoms with Crippen molar-refractivity contribution in [3.63, 3.8) is 0 Å². The molecular weight excluding hydrogens is 394 g/mol. The van der Waals surface area contributed by atoms with Crippen LogP contribution in [0.5, 0.6) is 0 Å². The molecule has 0 atom stereocenters. The van der Waals surface area contributed by atoms with Gasteiger partial charge in [-0.25, -0.2) is 14.3 Å². The second kappa shape index (κ2) is 7.07. The smallest absolute Gasteiger partial charge is 0.321 e. The molecule has 134 valence electrons. The highest BCUT2D eigenvalue weighted by molar-refractivity contribution is 9.10. The fraction of sp³-hybridized carbons (Fsp3) is 0.316. The number of hydrogen-bond acceptors (Lipinski definition) is 3. The van der Waals surface area contributed by atoms with E-state index in [1.807, 2.05) is 11.1 Å². The van der Waals surface area contributed by atoms with Crippen molar-refractivity contribution in [2.24, 2.45) is 0 Å². The molecule has 0 unspecified atom stereocenters. The summed E-state index contributed by atoms with van der Waals surface area (Å²) in [6, 6.07) is 8.26. The molecule has 0 bridgehead atoms. The summed E-state index contributed by atoms with van der Waals surface area (Å²) in [5, 5.41) is 7.14. The summed E-state index contributed by atoms with van der Waals surface area (Å²) in [7, 11) is 0. The highest BCUT2D eigenvalue weighted by Crippen LogP contribution is 2.30. The third-order valence-corrected chi connectivity index (χ3v) is 5.85. The van der Waals surface area contributed by atoms with Gasteiger partial charge in [-0.1, -0.05) is 28.1 Å². The van der Waals surface area contributed by atoms with E-state index < -0.39 is 0 Å². The topological polar surface area (TPSA) is 62.5 Å². The molecule has 1 fully saturated rings. The summed E-state index contributed by atoms with van der Waals surface area (Å²) in [6.45, 7) is 3.61. The number of fused-ring (bicyclic) bond motifs is 1. The largest absolute Gasteiger partial charge is 0.324 e. The maximum Gasteiger partial charge on any atom is 0.321 e. The first-order chi connectivity index (χ1) is 12.6. The lowest BCUT2D eigenvalue weighted by Gasteiger charge is -2.32. The zero-order valence-corrected chi connectivity index (χ0v) is 16.1. The Bertz CT molecular complexity index is 946. The summed E-state index contributed by atoms with van der Waals surface area (Å²) in [5.41, 5.74) is 3.91. The second-order valence-electron chi connectivity index (χ2n) is 6.65. The van der Waals surface area contributed by atoms with Crippen LogP contribution < -0.4 is 5.32 Å². The number of hydrogen-bond donors (Lipinski definition) is 1. The highest BCUT2D eigenvalue weighted by atomic mass is 79.9. The molecule has 2 amide bonds. The van der Waals surface area contributed by atoms with Gasteiger partial charge in [0.25, 0.3) is 0 Å². The van der Waals surface area contributed by atoms with Gasteiger partial charge in [-0.2, -0.15) is 5.10 Å². The van der Waals surface area contributed by atoms with Crippen LogP contribution in [-0.2, 0) is 0 Å². The number of piperidine rings is 1. The molecule has 1 N–H and O–H groups in total. The number of nitrogens with one attached hydrogen (secondary N) is 1. The Hall–Kier alpha value is -2.41. The molecule has 1 aromatic carbocycles. The lowest BCUT2D eigenvalue weighted by molar-refractivity contribution is 0.194. The predicted octanol–water partition coefficient (Wildman–Crippen LogP) is 4.21. The maximum atomic E-state index is 12.6. The van der Waals surface area contributed by atoms with Gasteiger partial charge >= 0.3 is 6.03 Å². The van der Waals surface area contributed by atoms with Crippen molar-refractivity contribution in [3.8, 4) is 0 Å². The molecule has 0 aliphatic carbocycles. The second-order valence-corrected chi connectivity index (χ2v) is 7.50. The molecule has 6 nitrogen and oxygen atoms in total. The van der Waals surface area contributed by atoms with Gasteiger partial charge in [-0.05, 0) is 48.9 Å². The van der Waals surface area contributed by atoms with Gasteiger partial charge < -0.3 is 10.2 Å². The summed E-state index contributed by atoms with van der Waals surface area (Å²) in [5.74, 6) is 0.504. The number of aromatic nitrogens is 3. The third kappa shape index (κ3) is 3.31. The van der Waals surface area contributed by atoms with Crippen LogP contribution in [-0.4, -0.2) is 38.6 Å². The number of anilines is 1. The van der Waals surface area contributed by atoms with E-state index in [1.54, 1.807) is 23.0 Å². The third-order valence-electron chi connectivity index (χ3n) is 4.96. The van der Waals surface area contributed by atoms with Crippen LogP contribution in [0.4, 0.5) is 10.5 Å². The SMILES string of the molecule is Cc1cc(C2CCN(C(=O)Nc3cnn4cccnc34)CC2)ccc1Br. The number of amides is 2. The van der Waals surface area contributed by atoms with Crippen LogP contribution in [0.15, 0.2) is 47.3 Å². The van der Waals surface area contributed by atoms with Gasteiger partial charge in [-0.15, -0.1) is 0 Å². The van der Waals surface area contributed by atoms with E-state index in [0.29, 0.717) is 17.3 Å². The molecule has 0 saturated carbocycles. The molecule has 2 aromatic heterocycles. The molecule has 1 aliphatic rings. The van der Waals surface area contributed by atoms with E-state index in [-0.39, 0.29) is 6.03 Å². The summed E-state index contributed by atoms with van der Waals surface area (Å²) < 4.78 is 2.79. The number of benzene rings is 1. The summed E-state index contributed by atoms with van der Waals surface area (Å²) >= 11 is 3.55. The Balaban J connectivity index is 1.39. The van der Waals surface area contributed by atoms with Gasteiger partial charge in [0.2, 0.25) is 0 Å². The minimum atomic E-state index is -0.0870. The normalized spacial score (nSPS) is 15.4. The van der Waals surface area contributed by atoms with Crippen molar-refractivity contribution in [1.82, 2.24) is 19.5 Å². The summed E-state index contributed by atoms with van der Waals surface area (Å²) in [6.07, 6.45) is 7.09. The average molecular weight is 414 g/mol. The molecular formula is C19H20BrN5O. The summed E-state index contributed by atoms with van der Waals surface area (Å²) in [4.78, 5) is 18.7.